The largest absolute Gasteiger partial charge is 0.123 e. The number of thiophene rings is 1. The number of halogens is 2. The Morgan fingerprint density at radius 2 is 1.91 bits per heavy atom. The number of fused-ring (bicyclic) bond motifs is 1. The minimum absolute atomic E-state index is 0.760. The van der Waals surface area contributed by atoms with Crippen LogP contribution in [0.5, 0.6) is 0 Å². The van der Waals surface area contributed by atoms with Crippen LogP contribution in [0.3, 0.4) is 0 Å². The summed E-state index contributed by atoms with van der Waals surface area (Å²) in [4.78, 5) is 0. The number of hydrogen-bond acceptors (Lipinski definition) is 1. The maximum absolute atomic E-state index is 5.81. The Bertz CT molecular complexity index is 392. The molecule has 11 heavy (non-hydrogen) atoms. The first kappa shape index (κ1) is 7.41. The van der Waals surface area contributed by atoms with Crippen LogP contribution < -0.4 is 0 Å². The Morgan fingerprint density at radius 1 is 1.09 bits per heavy atom. The van der Waals surface area contributed by atoms with Crippen LogP contribution in [0.1, 0.15) is 0 Å². The molecule has 1 aromatic heterocycles. The fourth-order valence-corrected chi connectivity index (χ4v) is 2.40. The van der Waals surface area contributed by atoms with Crippen molar-refractivity contribution in [1.82, 2.24) is 0 Å². The maximum Gasteiger partial charge on any atom is 0.0940 e. The average Bonchev–Trinajstić information content (AvgIpc) is 2.27. The van der Waals surface area contributed by atoms with E-state index in [9.17, 15) is 0 Å². The van der Waals surface area contributed by atoms with E-state index in [2.05, 4.69) is 0 Å². The third-order valence-corrected chi connectivity index (χ3v) is 2.91. The first-order valence-electron chi connectivity index (χ1n) is 3.10. The van der Waals surface area contributed by atoms with Crippen molar-refractivity contribution in [1.29, 1.82) is 0 Å². The monoisotopic (exact) mass is 202 g/mol. The molecular formula is C8H4Cl2S. The van der Waals surface area contributed by atoms with Gasteiger partial charge < -0.3 is 0 Å². The fourth-order valence-electron chi connectivity index (χ4n) is 0.973. The van der Waals surface area contributed by atoms with Gasteiger partial charge in [0.05, 0.1) is 4.34 Å². The summed E-state index contributed by atoms with van der Waals surface area (Å²) in [5.74, 6) is 0. The molecule has 0 amide bonds. The predicted molar refractivity (Wildman–Crippen MR) is 51.8 cm³/mol. The van der Waals surface area contributed by atoms with Gasteiger partial charge >= 0.3 is 0 Å². The van der Waals surface area contributed by atoms with Crippen molar-refractivity contribution in [2.24, 2.45) is 0 Å². The quantitative estimate of drug-likeness (QED) is 0.601. The molecule has 0 fully saturated rings. The molecule has 1 heterocycles. The number of rotatable bonds is 0. The van der Waals surface area contributed by atoms with Crippen molar-refractivity contribution in [2.75, 3.05) is 0 Å². The van der Waals surface area contributed by atoms with Crippen LogP contribution in [0.2, 0.25) is 9.36 Å². The summed E-state index contributed by atoms with van der Waals surface area (Å²) < 4.78 is 1.95. The average molecular weight is 203 g/mol. The van der Waals surface area contributed by atoms with Gasteiger partial charge in [-0.15, -0.1) is 11.3 Å². The van der Waals surface area contributed by atoms with E-state index in [4.69, 9.17) is 23.2 Å². The Balaban J connectivity index is 2.82. The zero-order valence-electron chi connectivity index (χ0n) is 5.47. The van der Waals surface area contributed by atoms with E-state index >= 15 is 0 Å². The maximum atomic E-state index is 5.81. The van der Waals surface area contributed by atoms with Crippen molar-refractivity contribution < 1.29 is 0 Å². The second kappa shape index (κ2) is 2.67. The van der Waals surface area contributed by atoms with Crippen LogP contribution in [-0.2, 0) is 0 Å². The molecule has 0 unspecified atom stereocenters. The summed E-state index contributed by atoms with van der Waals surface area (Å²) in [6.45, 7) is 0. The van der Waals surface area contributed by atoms with Gasteiger partial charge in [-0.3, -0.25) is 0 Å². The van der Waals surface area contributed by atoms with Crippen LogP contribution >= 0.6 is 34.5 Å². The summed E-state index contributed by atoms with van der Waals surface area (Å²) in [6.07, 6.45) is 0. The molecule has 0 N–H and O–H groups in total. The van der Waals surface area contributed by atoms with Crippen molar-refractivity contribution in [3.8, 4) is 0 Å². The van der Waals surface area contributed by atoms with E-state index < -0.39 is 0 Å². The van der Waals surface area contributed by atoms with Gasteiger partial charge in [-0.25, -0.2) is 0 Å². The smallest absolute Gasteiger partial charge is 0.0940 e. The molecule has 2 aromatic rings. The van der Waals surface area contributed by atoms with E-state index in [0.717, 1.165) is 19.4 Å². The molecule has 0 aliphatic heterocycles. The molecule has 0 saturated carbocycles. The second-order valence-corrected chi connectivity index (χ2v) is 4.38. The molecule has 0 aliphatic rings. The zero-order valence-corrected chi connectivity index (χ0v) is 7.80. The minimum atomic E-state index is 0.760. The summed E-state index contributed by atoms with van der Waals surface area (Å²) in [5.41, 5.74) is 0. The van der Waals surface area contributed by atoms with E-state index in [1.54, 1.807) is 11.3 Å². The van der Waals surface area contributed by atoms with Gasteiger partial charge in [0.1, 0.15) is 0 Å². The minimum Gasteiger partial charge on any atom is -0.123 e. The molecular weight excluding hydrogens is 199 g/mol. The number of benzene rings is 1. The standard InChI is InChI=1S/C8H4Cl2S/c9-6-2-1-5-3-8(10)11-7(5)4-6/h1-4H. The van der Waals surface area contributed by atoms with E-state index in [-0.39, 0.29) is 0 Å². The summed E-state index contributed by atoms with van der Waals surface area (Å²) in [5, 5.41) is 1.92. The van der Waals surface area contributed by atoms with Crippen molar-refractivity contribution in [2.45, 2.75) is 0 Å². The predicted octanol–water partition coefficient (Wildman–Crippen LogP) is 4.21. The van der Waals surface area contributed by atoms with Gasteiger partial charge in [0.15, 0.2) is 0 Å². The molecule has 0 aliphatic carbocycles. The van der Waals surface area contributed by atoms with E-state index in [1.807, 2.05) is 24.3 Å². The molecule has 1 aromatic carbocycles. The lowest BCUT2D eigenvalue weighted by Crippen LogP contribution is -1.61. The second-order valence-electron chi connectivity index (χ2n) is 2.23. The van der Waals surface area contributed by atoms with Crippen LogP contribution in [0.25, 0.3) is 10.1 Å². The first-order chi connectivity index (χ1) is 5.25. The number of hydrogen-bond donors (Lipinski definition) is 0. The highest BCUT2D eigenvalue weighted by atomic mass is 35.5. The van der Waals surface area contributed by atoms with Gasteiger partial charge in [-0.05, 0) is 23.6 Å². The molecule has 0 spiro atoms. The lowest BCUT2D eigenvalue weighted by Gasteiger charge is -1.87. The van der Waals surface area contributed by atoms with Crippen LogP contribution in [0.15, 0.2) is 24.3 Å². The molecule has 2 rings (SSSR count). The van der Waals surface area contributed by atoms with Gasteiger partial charge in [0.25, 0.3) is 0 Å². The highest BCUT2D eigenvalue weighted by Crippen LogP contribution is 2.30. The van der Waals surface area contributed by atoms with Crippen molar-refractivity contribution in [3.05, 3.63) is 33.6 Å². The molecule has 0 saturated heterocycles. The normalized spacial score (nSPS) is 10.7. The van der Waals surface area contributed by atoms with Crippen molar-refractivity contribution >= 4 is 44.6 Å². The van der Waals surface area contributed by atoms with E-state index in [0.29, 0.717) is 0 Å². The van der Waals surface area contributed by atoms with E-state index in [1.165, 1.54) is 0 Å². The molecule has 0 radical (unpaired) electrons. The van der Waals surface area contributed by atoms with Crippen molar-refractivity contribution in [3.63, 3.8) is 0 Å². The molecule has 56 valence electrons. The highest BCUT2D eigenvalue weighted by molar-refractivity contribution is 7.22. The lowest BCUT2D eigenvalue weighted by molar-refractivity contribution is 1.85. The Hall–Kier alpha value is -0.240. The SMILES string of the molecule is Clc1ccc2cc(Cl)sc2c1. The van der Waals surface area contributed by atoms with Gasteiger partial charge in [0.2, 0.25) is 0 Å². The van der Waals surface area contributed by atoms with Crippen LogP contribution in [-0.4, -0.2) is 0 Å². The summed E-state index contributed by atoms with van der Waals surface area (Å²) in [7, 11) is 0. The molecule has 0 bridgehead atoms. The highest BCUT2D eigenvalue weighted by Gasteiger charge is 1.98. The third kappa shape index (κ3) is 1.36. The zero-order chi connectivity index (χ0) is 7.84. The van der Waals surface area contributed by atoms with Gasteiger partial charge in [-0.1, -0.05) is 29.3 Å². The Morgan fingerprint density at radius 3 is 2.73 bits per heavy atom. The first-order valence-corrected chi connectivity index (χ1v) is 4.67. The Kier molecular flexibility index (Phi) is 1.80. The van der Waals surface area contributed by atoms with Crippen LogP contribution in [0, 0.1) is 0 Å². The van der Waals surface area contributed by atoms with Gasteiger partial charge in [0, 0.05) is 9.72 Å². The topological polar surface area (TPSA) is 0 Å². The molecule has 0 nitrogen and oxygen atoms in total. The van der Waals surface area contributed by atoms with Gasteiger partial charge in [-0.2, -0.15) is 0 Å². The molecule has 3 heteroatoms. The Labute approximate surface area is 78.4 Å². The third-order valence-electron chi connectivity index (χ3n) is 1.45. The summed E-state index contributed by atoms with van der Waals surface area (Å²) in [6, 6.07) is 7.71. The fraction of sp³-hybridized carbons (Fsp3) is 0. The van der Waals surface area contributed by atoms with Crippen LogP contribution in [0.4, 0.5) is 0 Å². The lowest BCUT2D eigenvalue weighted by atomic mass is 10.3. The molecule has 0 atom stereocenters. The summed E-state index contributed by atoms with van der Waals surface area (Å²) >= 11 is 13.1.